The van der Waals surface area contributed by atoms with Crippen LogP contribution in [0.15, 0.2) is 17.8 Å². The quantitative estimate of drug-likeness (QED) is 0.709. The van der Waals surface area contributed by atoms with Gasteiger partial charge in [-0.3, -0.25) is 4.40 Å². The Kier molecular flexibility index (Phi) is 4.49. The first-order valence-electron chi connectivity index (χ1n) is 5.58. The van der Waals surface area contributed by atoms with Crippen molar-refractivity contribution in [1.29, 1.82) is 0 Å². The van der Waals surface area contributed by atoms with E-state index in [-0.39, 0.29) is 0 Å². The maximum atomic E-state index is 9.82. The van der Waals surface area contributed by atoms with Gasteiger partial charge in [0, 0.05) is 44.4 Å². The summed E-state index contributed by atoms with van der Waals surface area (Å²) in [7, 11) is 1.66. The Hall–Kier alpha value is -0.950. The van der Waals surface area contributed by atoms with E-state index in [2.05, 4.69) is 10.3 Å². The molecular formula is C11H17N3O2S. The first-order chi connectivity index (χ1) is 8.29. The van der Waals surface area contributed by atoms with E-state index < -0.39 is 6.10 Å². The maximum absolute atomic E-state index is 9.82. The molecule has 1 unspecified atom stereocenters. The normalized spacial score (nSPS) is 13.3. The van der Waals surface area contributed by atoms with Crippen molar-refractivity contribution in [3.63, 3.8) is 0 Å². The molecule has 0 radical (unpaired) electrons. The summed E-state index contributed by atoms with van der Waals surface area (Å²) in [5, 5.41) is 14.9. The highest BCUT2D eigenvalue weighted by Crippen LogP contribution is 2.12. The minimum atomic E-state index is -0.406. The summed E-state index contributed by atoms with van der Waals surface area (Å²) in [6.45, 7) is 1.98. The number of nitrogens with zero attached hydrogens (tertiary/aromatic N) is 2. The van der Waals surface area contributed by atoms with Gasteiger partial charge in [-0.2, -0.15) is 0 Å². The Morgan fingerprint density at radius 3 is 3.29 bits per heavy atom. The van der Waals surface area contributed by atoms with Gasteiger partial charge < -0.3 is 15.2 Å². The van der Waals surface area contributed by atoms with Gasteiger partial charge in [-0.1, -0.05) is 0 Å². The van der Waals surface area contributed by atoms with E-state index in [4.69, 9.17) is 4.74 Å². The lowest BCUT2D eigenvalue weighted by molar-refractivity contribution is 0.159. The van der Waals surface area contributed by atoms with E-state index in [1.54, 1.807) is 18.4 Å². The van der Waals surface area contributed by atoms with Crippen LogP contribution in [0.2, 0.25) is 0 Å². The zero-order chi connectivity index (χ0) is 12.1. The second-order valence-electron chi connectivity index (χ2n) is 3.88. The maximum Gasteiger partial charge on any atom is 0.193 e. The third-order valence-corrected chi connectivity index (χ3v) is 3.22. The highest BCUT2D eigenvalue weighted by Gasteiger charge is 2.09. The van der Waals surface area contributed by atoms with E-state index in [9.17, 15) is 5.11 Å². The SMILES string of the molecule is COCCNCC(O)Cc1cn2ccsc2n1. The van der Waals surface area contributed by atoms with Gasteiger partial charge in [-0.25, -0.2) is 4.98 Å². The number of rotatable bonds is 7. The third-order valence-electron chi connectivity index (χ3n) is 2.45. The van der Waals surface area contributed by atoms with Crippen molar-refractivity contribution in [1.82, 2.24) is 14.7 Å². The molecular weight excluding hydrogens is 238 g/mol. The second kappa shape index (κ2) is 6.11. The molecule has 0 bridgehead atoms. The topological polar surface area (TPSA) is 58.8 Å². The molecule has 0 saturated carbocycles. The van der Waals surface area contributed by atoms with E-state index >= 15 is 0 Å². The molecule has 2 rings (SSSR count). The summed E-state index contributed by atoms with van der Waals surface area (Å²) < 4.78 is 6.89. The molecule has 2 aromatic rings. The molecule has 2 heterocycles. The third kappa shape index (κ3) is 3.50. The molecule has 2 N–H and O–H groups in total. The lowest BCUT2D eigenvalue weighted by atomic mass is 10.2. The van der Waals surface area contributed by atoms with Crippen molar-refractivity contribution in [2.45, 2.75) is 12.5 Å². The van der Waals surface area contributed by atoms with Crippen LogP contribution >= 0.6 is 11.3 Å². The molecule has 0 fully saturated rings. The molecule has 0 amide bonds. The summed E-state index contributed by atoms with van der Waals surface area (Å²) in [5.41, 5.74) is 0.929. The van der Waals surface area contributed by atoms with Crippen molar-refractivity contribution in [2.75, 3.05) is 26.8 Å². The van der Waals surface area contributed by atoms with E-state index in [1.165, 1.54) is 0 Å². The number of hydrogen-bond donors (Lipinski definition) is 2. The Labute approximate surface area is 104 Å². The number of imidazole rings is 1. The van der Waals surface area contributed by atoms with Gasteiger partial charge >= 0.3 is 0 Å². The molecule has 94 valence electrons. The Bertz CT molecular complexity index is 426. The first kappa shape index (κ1) is 12.5. The highest BCUT2D eigenvalue weighted by molar-refractivity contribution is 7.15. The lowest BCUT2D eigenvalue weighted by Gasteiger charge is -2.09. The Morgan fingerprint density at radius 1 is 1.65 bits per heavy atom. The first-order valence-corrected chi connectivity index (χ1v) is 6.46. The molecule has 0 aliphatic carbocycles. The fourth-order valence-electron chi connectivity index (χ4n) is 1.63. The number of aliphatic hydroxyl groups is 1. The van der Waals surface area contributed by atoms with Gasteiger partial charge in [0.05, 0.1) is 18.4 Å². The summed E-state index contributed by atoms with van der Waals surface area (Å²) in [6.07, 6.45) is 4.11. The number of fused-ring (bicyclic) bond motifs is 1. The lowest BCUT2D eigenvalue weighted by Crippen LogP contribution is -2.30. The zero-order valence-electron chi connectivity index (χ0n) is 9.80. The summed E-state index contributed by atoms with van der Waals surface area (Å²) in [5.74, 6) is 0. The smallest absolute Gasteiger partial charge is 0.193 e. The van der Waals surface area contributed by atoms with Crippen molar-refractivity contribution in [3.05, 3.63) is 23.5 Å². The van der Waals surface area contributed by atoms with Crippen LogP contribution in [-0.2, 0) is 11.2 Å². The number of methoxy groups -OCH3 is 1. The molecule has 1 atom stereocenters. The molecule has 0 aromatic carbocycles. The fourth-order valence-corrected chi connectivity index (χ4v) is 2.35. The number of nitrogens with one attached hydrogen (secondary N) is 1. The van der Waals surface area contributed by atoms with Crippen LogP contribution in [0, 0.1) is 0 Å². The average Bonchev–Trinajstić information content (AvgIpc) is 2.84. The number of thiazole rings is 1. The van der Waals surface area contributed by atoms with Crippen LogP contribution in [0.5, 0.6) is 0 Å². The highest BCUT2D eigenvalue weighted by atomic mass is 32.1. The standard InChI is InChI=1S/C11H17N3O2S/c1-16-4-2-12-7-10(15)6-9-8-14-3-5-17-11(14)13-9/h3,5,8,10,12,15H,2,4,6-7H2,1H3. The van der Waals surface area contributed by atoms with Crippen LogP contribution in [-0.4, -0.2) is 47.4 Å². The summed E-state index contributed by atoms with van der Waals surface area (Å²) >= 11 is 1.60. The summed E-state index contributed by atoms with van der Waals surface area (Å²) in [4.78, 5) is 5.40. The van der Waals surface area contributed by atoms with Crippen LogP contribution in [0.4, 0.5) is 0 Å². The number of aromatic nitrogens is 2. The molecule has 17 heavy (non-hydrogen) atoms. The molecule has 0 spiro atoms. The van der Waals surface area contributed by atoms with E-state index in [0.29, 0.717) is 19.6 Å². The minimum absolute atomic E-state index is 0.406. The molecule has 0 saturated heterocycles. The Balaban J connectivity index is 1.78. The largest absolute Gasteiger partial charge is 0.391 e. The van der Waals surface area contributed by atoms with Gasteiger partial charge in [-0.15, -0.1) is 11.3 Å². The Morgan fingerprint density at radius 2 is 2.53 bits per heavy atom. The van der Waals surface area contributed by atoms with E-state index in [1.807, 2.05) is 22.2 Å². The molecule has 5 nitrogen and oxygen atoms in total. The zero-order valence-corrected chi connectivity index (χ0v) is 10.6. The van der Waals surface area contributed by atoms with Crippen molar-refractivity contribution < 1.29 is 9.84 Å². The van der Waals surface area contributed by atoms with E-state index in [0.717, 1.165) is 17.2 Å². The number of hydrogen-bond acceptors (Lipinski definition) is 5. The van der Waals surface area contributed by atoms with Gasteiger partial charge in [0.15, 0.2) is 4.96 Å². The minimum Gasteiger partial charge on any atom is -0.391 e. The molecule has 0 aliphatic rings. The fraction of sp³-hybridized carbons (Fsp3) is 0.545. The molecule has 2 aromatic heterocycles. The van der Waals surface area contributed by atoms with Gasteiger partial charge in [-0.05, 0) is 0 Å². The summed E-state index contributed by atoms with van der Waals surface area (Å²) in [6, 6.07) is 0. The van der Waals surface area contributed by atoms with Crippen LogP contribution in [0.1, 0.15) is 5.69 Å². The van der Waals surface area contributed by atoms with Gasteiger partial charge in [0.25, 0.3) is 0 Å². The van der Waals surface area contributed by atoms with Crippen LogP contribution < -0.4 is 5.32 Å². The second-order valence-corrected chi connectivity index (χ2v) is 4.75. The van der Waals surface area contributed by atoms with Crippen LogP contribution in [0.3, 0.4) is 0 Å². The number of aliphatic hydroxyl groups excluding tert-OH is 1. The van der Waals surface area contributed by atoms with Crippen LogP contribution in [0.25, 0.3) is 4.96 Å². The number of ether oxygens (including phenoxy) is 1. The molecule has 6 heteroatoms. The predicted molar refractivity (Wildman–Crippen MR) is 67.5 cm³/mol. The van der Waals surface area contributed by atoms with Gasteiger partial charge in [0.2, 0.25) is 0 Å². The predicted octanol–water partition coefficient (Wildman–Crippen LogP) is 0.535. The average molecular weight is 255 g/mol. The van der Waals surface area contributed by atoms with Crippen molar-refractivity contribution in [3.8, 4) is 0 Å². The van der Waals surface area contributed by atoms with Gasteiger partial charge in [0.1, 0.15) is 0 Å². The van der Waals surface area contributed by atoms with Crippen molar-refractivity contribution >= 4 is 16.3 Å². The van der Waals surface area contributed by atoms with Crippen molar-refractivity contribution in [2.24, 2.45) is 0 Å². The monoisotopic (exact) mass is 255 g/mol. The molecule has 0 aliphatic heterocycles.